The summed E-state index contributed by atoms with van der Waals surface area (Å²) in [5, 5.41) is 0.962. The predicted molar refractivity (Wildman–Crippen MR) is 105 cm³/mol. The van der Waals surface area contributed by atoms with E-state index in [1.54, 1.807) is 23.5 Å². The van der Waals surface area contributed by atoms with Crippen molar-refractivity contribution in [3.05, 3.63) is 47.0 Å². The van der Waals surface area contributed by atoms with Crippen molar-refractivity contribution in [3.63, 3.8) is 0 Å². The van der Waals surface area contributed by atoms with E-state index >= 15 is 0 Å². The van der Waals surface area contributed by atoms with Gasteiger partial charge in [0, 0.05) is 6.07 Å². The van der Waals surface area contributed by atoms with Gasteiger partial charge in [-0.25, -0.2) is 4.98 Å². The summed E-state index contributed by atoms with van der Waals surface area (Å²) in [5.74, 6) is 0.0241. The Morgan fingerprint density at radius 1 is 1.14 bits per heavy atom. The standard InChI is InChI=1S/C20H17N3O4S/c1-22(10-18-21-13-4-2-3-5-17(13)28-18)11-23-14-9-16-15(26-6-7-27-16)8-12(14)19(24)20(23)25/h2-5,8-9H,6-7,10-11H2,1H3. The highest BCUT2D eigenvalue weighted by molar-refractivity contribution is 7.18. The summed E-state index contributed by atoms with van der Waals surface area (Å²) in [5.41, 5.74) is 1.90. The quantitative estimate of drug-likeness (QED) is 0.633. The number of Topliss-reactive ketones (excluding diaryl/α,β-unsaturated/α-hetero) is 1. The highest BCUT2D eigenvalue weighted by atomic mass is 32.1. The summed E-state index contributed by atoms with van der Waals surface area (Å²) in [6.07, 6.45) is 0. The number of aromatic nitrogens is 1. The topological polar surface area (TPSA) is 72.0 Å². The van der Waals surface area contributed by atoms with E-state index in [1.165, 1.54) is 4.90 Å². The lowest BCUT2D eigenvalue weighted by atomic mass is 10.1. The van der Waals surface area contributed by atoms with E-state index in [2.05, 4.69) is 4.98 Å². The number of thiazole rings is 1. The fraction of sp³-hybridized carbons (Fsp3) is 0.250. The number of hydrogen-bond acceptors (Lipinski definition) is 7. The van der Waals surface area contributed by atoms with Crippen molar-refractivity contribution in [2.24, 2.45) is 0 Å². The van der Waals surface area contributed by atoms with Crippen LogP contribution in [0, 0.1) is 0 Å². The van der Waals surface area contributed by atoms with E-state index in [1.807, 2.05) is 36.2 Å². The number of benzene rings is 2. The molecule has 3 aromatic rings. The second-order valence-electron chi connectivity index (χ2n) is 6.81. The van der Waals surface area contributed by atoms with Crippen molar-refractivity contribution >= 4 is 38.9 Å². The zero-order valence-corrected chi connectivity index (χ0v) is 16.0. The molecule has 0 aliphatic carbocycles. The summed E-state index contributed by atoms with van der Waals surface area (Å²) in [4.78, 5) is 33.1. The lowest BCUT2D eigenvalue weighted by molar-refractivity contribution is -0.114. The Labute approximate surface area is 165 Å². The first-order valence-electron chi connectivity index (χ1n) is 8.93. The molecule has 0 unspecified atom stereocenters. The molecule has 0 radical (unpaired) electrons. The largest absolute Gasteiger partial charge is 0.486 e. The Morgan fingerprint density at radius 2 is 1.89 bits per heavy atom. The number of ketones is 1. The molecule has 8 heteroatoms. The normalized spacial score (nSPS) is 15.6. The molecule has 0 N–H and O–H groups in total. The van der Waals surface area contributed by atoms with Gasteiger partial charge in [-0.05, 0) is 25.2 Å². The third kappa shape index (κ3) is 2.81. The fourth-order valence-electron chi connectivity index (χ4n) is 3.48. The minimum atomic E-state index is -0.534. The second kappa shape index (κ2) is 6.57. The molecule has 3 heterocycles. The molecule has 2 aliphatic rings. The van der Waals surface area contributed by atoms with Crippen molar-refractivity contribution in [1.82, 2.24) is 9.88 Å². The van der Waals surface area contributed by atoms with Gasteiger partial charge in [0.15, 0.2) is 11.5 Å². The first-order chi connectivity index (χ1) is 13.6. The molecule has 142 valence electrons. The number of carbonyl (C=O) groups excluding carboxylic acids is 2. The van der Waals surface area contributed by atoms with Gasteiger partial charge in [0.05, 0.1) is 34.7 Å². The first kappa shape index (κ1) is 17.2. The molecule has 28 heavy (non-hydrogen) atoms. The van der Waals surface area contributed by atoms with Gasteiger partial charge in [0.1, 0.15) is 18.2 Å². The Morgan fingerprint density at radius 3 is 2.68 bits per heavy atom. The molecule has 7 nitrogen and oxygen atoms in total. The van der Waals surface area contributed by atoms with Crippen molar-refractivity contribution in [3.8, 4) is 11.5 Å². The van der Waals surface area contributed by atoms with E-state index in [0.717, 1.165) is 15.2 Å². The monoisotopic (exact) mass is 395 g/mol. The van der Waals surface area contributed by atoms with Gasteiger partial charge in [0.2, 0.25) is 0 Å². The third-order valence-electron chi connectivity index (χ3n) is 4.76. The Balaban J connectivity index is 1.39. The molecule has 0 atom stereocenters. The van der Waals surface area contributed by atoms with Gasteiger partial charge in [-0.1, -0.05) is 12.1 Å². The third-order valence-corrected chi connectivity index (χ3v) is 5.78. The number of para-hydroxylation sites is 1. The SMILES string of the molecule is CN(Cc1nc2ccccc2s1)CN1C(=O)C(=O)c2cc3c(cc21)OCCO3. The van der Waals surface area contributed by atoms with Crippen LogP contribution in [0.2, 0.25) is 0 Å². The van der Waals surface area contributed by atoms with Gasteiger partial charge in [-0.15, -0.1) is 11.3 Å². The Kier molecular flexibility index (Phi) is 4.03. The van der Waals surface area contributed by atoms with Crippen LogP contribution in [0.4, 0.5) is 5.69 Å². The van der Waals surface area contributed by atoms with Crippen LogP contribution in [0.1, 0.15) is 15.4 Å². The number of anilines is 1. The van der Waals surface area contributed by atoms with Crippen molar-refractivity contribution in [2.75, 3.05) is 31.8 Å². The van der Waals surface area contributed by atoms with Crippen LogP contribution < -0.4 is 14.4 Å². The van der Waals surface area contributed by atoms with Crippen LogP contribution in [0.3, 0.4) is 0 Å². The van der Waals surface area contributed by atoms with Crippen molar-refractivity contribution in [1.29, 1.82) is 0 Å². The highest BCUT2D eigenvalue weighted by Gasteiger charge is 2.38. The molecule has 0 saturated carbocycles. The summed E-state index contributed by atoms with van der Waals surface area (Å²) >= 11 is 1.63. The maximum Gasteiger partial charge on any atom is 0.300 e. The summed E-state index contributed by atoms with van der Waals surface area (Å²) in [6, 6.07) is 11.3. The van der Waals surface area contributed by atoms with E-state index in [0.29, 0.717) is 42.5 Å². The molecular weight excluding hydrogens is 378 g/mol. The zero-order chi connectivity index (χ0) is 19.3. The molecule has 1 aromatic heterocycles. The fourth-order valence-corrected chi connectivity index (χ4v) is 4.53. The van der Waals surface area contributed by atoms with E-state index in [4.69, 9.17) is 9.47 Å². The Hall–Kier alpha value is -2.97. The average molecular weight is 395 g/mol. The number of ether oxygens (including phenoxy) is 2. The highest BCUT2D eigenvalue weighted by Crippen LogP contribution is 2.40. The van der Waals surface area contributed by atoms with Crippen LogP contribution in [-0.2, 0) is 11.3 Å². The maximum absolute atomic E-state index is 12.6. The molecule has 2 aromatic carbocycles. The average Bonchev–Trinajstić information content (AvgIpc) is 3.20. The molecule has 2 aliphatic heterocycles. The number of carbonyl (C=O) groups is 2. The van der Waals surface area contributed by atoms with Crippen LogP contribution in [0.25, 0.3) is 10.2 Å². The molecule has 0 bridgehead atoms. The Bertz CT molecular complexity index is 1080. The molecule has 0 fully saturated rings. The molecule has 0 spiro atoms. The van der Waals surface area contributed by atoms with Gasteiger partial charge >= 0.3 is 5.91 Å². The van der Waals surface area contributed by atoms with Gasteiger partial charge in [0.25, 0.3) is 5.78 Å². The molecule has 5 rings (SSSR count). The summed E-state index contributed by atoms with van der Waals surface area (Å²) in [6.45, 7) is 1.75. The maximum atomic E-state index is 12.6. The summed E-state index contributed by atoms with van der Waals surface area (Å²) < 4.78 is 12.3. The number of amides is 1. The minimum absolute atomic E-state index is 0.285. The lowest BCUT2D eigenvalue weighted by Crippen LogP contribution is -2.38. The van der Waals surface area contributed by atoms with Gasteiger partial charge in [-0.3, -0.25) is 19.4 Å². The minimum Gasteiger partial charge on any atom is -0.486 e. The predicted octanol–water partition coefficient (Wildman–Crippen LogP) is 2.69. The van der Waals surface area contributed by atoms with Crippen LogP contribution >= 0.6 is 11.3 Å². The first-order valence-corrected chi connectivity index (χ1v) is 9.74. The second-order valence-corrected chi connectivity index (χ2v) is 7.92. The number of nitrogens with zero attached hydrogens (tertiary/aromatic N) is 3. The smallest absolute Gasteiger partial charge is 0.300 e. The van der Waals surface area contributed by atoms with E-state index in [9.17, 15) is 9.59 Å². The van der Waals surface area contributed by atoms with E-state index in [-0.39, 0.29) is 6.67 Å². The van der Waals surface area contributed by atoms with E-state index < -0.39 is 11.7 Å². The van der Waals surface area contributed by atoms with Crippen LogP contribution in [0.15, 0.2) is 36.4 Å². The van der Waals surface area contributed by atoms with Crippen LogP contribution in [-0.4, -0.2) is 48.5 Å². The summed E-state index contributed by atoms with van der Waals surface area (Å²) in [7, 11) is 1.90. The molecule has 1 amide bonds. The number of fused-ring (bicyclic) bond motifs is 3. The molecular formula is C20H17N3O4S. The van der Waals surface area contributed by atoms with Crippen molar-refractivity contribution < 1.29 is 19.1 Å². The van der Waals surface area contributed by atoms with Crippen LogP contribution in [0.5, 0.6) is 11.5 Å². The lowest BCUT2D eigenvalue weighted by Gasteiger charge is -2.25. The van der Waals surface area contributed by atoms with Crippen molar-refractivity contribution in [2.45, 2.75) is 6.54 Å². The number of rotatable bonds is 4. The zero-order valence-electron chi connectivity index (χ0n) is 15.2. The van der Waals surface area contributed by atoms with Gasteiger partial charge < -0.3 is 9.47 Å². The molecule has 0 saturated heterocycles. The number of hydrogen-bond donors (Lipinski definition) is 0. The van der Waals surface area contributed by atoms with Gasteiger partial charge in [-0.2, -0.15) is 0 Å².